The van der Waals surface area contributed by atoms with E-state index in [1.54, 1.807) is 18.2 Å². The molecule has 1 saturated carbocycles. The van der Waals surface area contributed by atoms with Crippen molar-refractivity contribution in [2.24, 2.45) is 11.8 Å². The molecule has 0 saturated heterocycles. The highest BCUT2D eigenvalue weighted by molar-refractivity contribution is 6.00. The van der Waals surface area contributed by atoms with E-state index in [1.807, 2.05) is 24.3 Å². The fraction of sp³-hybridized carbons (Fsp3) is 0.364. The van der Waals surface area contributed by atoms with E-state index in [0.29, 0.717) is 30.9 Å². The lowest BCUT2D eigenvalue weighted by Gasteiger charge is -2.13. The molecule has 2 aromatic rings. The van der Waals surface area contributed by atoms with Crippen LogP contribution in [0.2, 0.25) is 0 Å². The molecule has 1 aliphatic rings. The largest absolute Gasteiger partial charge is 0.356 e. The van der Waals surface area contributed by atoms with Crippen LogP contribution in [0.5, 0.6) is 0 Å². The molecule has 2 N–H and O–H groups in total. The molecule has 2 aromatic carbocycles. The van der Waals surface area contributed by atoms with Crippen LogP contribution in [-0.2, 0) is 16.0 Å². The first-order valence-electron chi connectivity index (χ1n) is 9.38. The van der Waals surface area contributed by atoms with Crippen molar-refractivity contribution >= 4 is 17.5 Å². The number of nitrogens with one attached hydrogen (secondary N) is 2. The van der Waals surface area contributed by atoms with Crippen LogP contribution in [0.3, 0.4) is 0 Å². The number of carbonyl (C=O) groups is 2. The van der Waals surface area contributed by atoms with Crippen LogP contribution in [0.1, 0.15) is 37.3 Å². The molecular formula is C22H25FN2O2. The second kappa shape index (κ2) is 8.33. The van der Waals surface area contributed by atoms with Gasteiger partial charge in [-0.15, -0.1) is 0 Å². The van der Waals surface area contributed by atoms with Crippen molar-refractivity contribution in [2.75, 3.05) is 11.9 Å². The summed E-state index contributed by atoms with van der Waals surface area (Å²) in [5.74, 6) is -0.797. The molecule has 142 valence electrons. The van der Waals surface area contributed by atoms with E-state index >= 15 is 0 Å². The summed E-state index contributed by atoms with van der Waals surface area (Å²) in [6.45, 7) is 4.52. The summed E-state index contributed by atoms with van der Waals surface area (Å²) in [6, 6.07) is 14.3. The zero-order chi connectivity index (χ0) is 19.4. The average Bonchev–Trinajstić information content (AvgIpc) is 3.44. The van der Waals surface area contributed by atoms with Crippen molar-refractivity contribution < 1.29 is 14.0 Å². The van der Waals surface area contributed by atoms with Gasteiger partial charge in [0.15, 0.2) is 0 Å². The molecule has 2 atom stereocenters. The summed E-state index contributed by atoms with van der Waals surface area (Å²) in [7, 11) is 0. The Bertz CT molecular complexity index is 835. The van der Waals surface area contributed by atoms with Gasteiger partial charge >= 0.3 is 0 Å². The molecule has 1 fully saturated rings. The number of benzene rings is 2. The van der Waals surface area contributed by atoms with E-state index in [0.717, 1.165) is 11.3 Å². The highest BCUT2D eigenvalue weighted by Gasteiger charge is 2.48. The maximum absolute atomic E-state index is 13.6. The smallest absolute Gasteiger partial charge is 0.228 e. The first-order chi connectivity index (χ1) is 13.0. The molecule has 0 spiro atoms. The van der Waals surface area contributed by atoms with Gasteiger partial charge in [0.05, 0.1) is 11.8 Å². The van der Waals surface area contributed by atoms with E-state index in [2.05, 4.69) is 24.5 Å². The maximum atomic E-state index is 13.6. The third kappa shape index (κ3) is 4.73. The van der Waals surface area contributed by atoms with Crippen molar-refractivity contribution in [1.82, 2.24) is 5.32 Å². The topological polar surface area (TPSA) is 58.2 Å². The van der Waals surface area contributed by atoms with Gasteiger partial charge in [-0.2, -0.15) is 0 Å². The van der Waals surface area contributed by atoms with Gasteiger partial charge in [-0.05, 0) is 42.0 Å². The van der Waals surface area contributed by atoms with Gasteiger partial charge in [0, 0.05) is 12.2 Å². The first-order valence-corrected chi connectivity index (χ1v) is 9.38. The van der Waals surface area contributed by atoms with E-state index in [9.17, 15) is 14.0 Å². The molecule has 0 aromatic heterocycles. The van der Waals surface area contributed by atoms with Crippen molar-refractivity contribution in [3.8, 4) is 0 Å². The molecular weight excluding hydrogens is 343 g/mol. The number of rotatable bonds is 7. The standard InChI is InChI=1S/C22H25FN2O2/c1-14(2)16-8-4-6-10-20(16)25-22(27)18-13-17(18)21(26)24-12-11-15-7-3-5-9-19(15)23/h3-10,14,17-18H,11-13H2,1-2H3,(H,24,26)(H,25,27). The maximum Gasteiger partial charge on any atom is 0.228 e. The summed E-state index contributed by atoms with van der Waals surface area (Å²) in [6.07, 6.45) is 0.991. The van der Waals surface area contributed by atoms with Gasteiger partial charge < -0.3 is 10.6 Å². The Balaban J connectivity index is 1.48. The highest BCUT2D eigenvalue weighted by atomic mass is 19.1. The monoisotopic (exact) mass is 368 g/mol. The predicted molar refractivity (Wildman–Crippen MR) is 104 cm³/mol. The molecule has 0 heterocycles. The summed E-state index contributed by atoms with van der Waals surface area (Å²) in [4.78, 5) is 24.7. The van der Waals surface area contributed by atoms with Crippen molar-refractivity contribution in [2.45, 2.75) is 32.6 Å². The molecule has 0 aliphatic heterocycles. The third-order valence-electron chi connectivity index (χ3n) is 4.96. The number of para-hydroxylation sites is 1. The van der Waals surface area contributed by atoms with Crippen molar-refractivity contribution in [1.29, 1.82) is 0 Å². The lowest BCUT2D eigenvalue weighted by Crippen LogP contribution is -2.29. The van der Waals surface area contributed by atoms with Crippen LogP contribution in [0.4, 0.5) is 10.1 Å². The Morgan fingerprint density at radius 3 is 2.44 bits per heavy atom. The van der Waals surface area contributed by atoms with Gasteiger partial charge in [0.1, 0.15) is 5.82 Å². The van der Waals surface area contributed by atoms with Gasteiger partial charge in [0.25, 0.3) is 0 Å². The summed E-state index contributed by atoms with van der Waals surface area (Å²) >= 11 is 0. The van der Waals surface area contributed by atoms with Crippen LogP contribution in [0, 0.1) is 17.7 Å². The molecule has 0 bridgehead atoms. The first kappa shape index (κ1) is 19.1. The average molecular weight is 368 g/mol. The minimum atomic E-state index is -0.295. The van der Waals surface area contributed by atoms with Crippen molar-refractivity contribution in [3.05, 3.63) is 65.5 Å². The van der Waals surface area contributed by atoms with Gasteiger partial charge in [-0.1, -0.05) is 50.2 Å². The Labute approximate surface area is 159 Å². The number of anilines is 1. The van der Waals surface area contributed by atoms with Gasteiger partial charge in [-0.25, -0.2) is 4.39 Å². The highest BCUT2D eigenvalue weighted by Crippen LogP contribution is 2.40. The Morgan fingerprint density at radius 1 is 1.04 bits per heavy atom. The second-order valence-corrected chi connectivity index (χ2v) is 7.31. The SMILES string of the molecule is CC(C)c1ccccc1NC(=O)C1CC1C(=O)NCCc1ccccc1F. The van der Waals surface area contributed by atoms with Gasteiger partial charge in [0.2, 0.25) is 11.8 Å². The molecule has 2 amide bonds. The summed E-state index contributed by atoms with van der Waals surface area (Å²) < 4.78 is 13.6. The second-order valence-electron chi connectivity index (χ2n) is 7.31. The van der Waals surface area contributed by atoms with E-state index in [4.69, 9.17) is 0 Å². The zero-order valence-electron chi connectivity index (χ0n) is 15.7. The number of hydrogen-bond acceptors (Lipinski definition) is 2. The van der Waals surface area contributed by atoms with E-state index in [1.165, 1.54) is 6.07 Å². The predicted octanol–water partition coefficient (Wildman–Crippen LogP) is 3.88. The third-order valence-corrected chi connectivity index (χ3v) is 4.96. The van der Waals surface area contributed by atoms with E-state index in [-0.39, 0.29) is 29.5 Å². The fourth-order valence-electron chi connectivity index (χ4n) is 3.27. The lowest BCUT2D eigenvalue weighted by atomic mass is 10.0. The lowest BCUT2D eigenvalue weighted by molar-refractivity contribution is -0.125. The Kier molecular flexibility index (Phi) is 5.89. The van der Waals surface area contributed by atoms with E-state index < -0.39 is 0 Å². The van der Waals surface area contributed by atoms with Crippen LogP contribution in [0.15, 0.2) is 48.5 Å². The fourth-order valence-corrected chi connectivity index (χ4v) is 3.27. The van der Waals surface area contributed by atoms with Crippen LogP contribution in [0.25, 0.3) is 0 Å². The normalized spacial score (nSPS) is 18.2. The molecule has 0 radical (unpaired) electrons. The number of carbonyl (C=O) groups excluding carboxylic acids is 2. The molecule has 5 heteroatoms. The molecule has 2 unspecified atom stereocenters. The zero-order valence-corrected chi connectivity index (χ0v) is 15.7. The quantitative estimate of drug-likeness (QED) is 0.779. The molecule has 4 nitrogen and oxygen atoms in total. The Morgan fingerprint density at radius 2 is 1.70 bits per heavy atom. The Hall–Kier alpha value is -2.69. The number of amides is 2. The molecule has 27 heavy (non-hydrogen) atoms. The van der Waals surface area contributed by atoms with Crippen LogP contribution >= 0.6 is 0 Å². The minimum absolute atomic E-state index is 0.114. The summed E-state index contributed by atoms with van der Waals surface area (Å²) in [5, 5.41) is 5.77. The molecule has 1 aliphatic carbocycles. The minimum Gasteiger partial charge on any atom is -0.356 e. The molecule has 3 rings (SSSR count). The van der Waals surface area contributed by atoms with Gasteiger partial charge in [-0.3, -0.25) is 9.59 Å². The number of hydrogen-bond donors (Lipinski definition) is 2. The van der Waals surface area contributed by atoms with Crippen molar-refractivity contribution in [3.63, 3.8) is 0 Å². The van der Waals surface area contributed by atoms with Crippen LogP contribution < -0.4 is 10.6 Å². The summed E-state index contributed by atoms with van der Waals surface area (Å²) in [5.41, 5.74) is 2.47. The number of halogens is 1. The van der Waals surface area contributed by atoms with Crippen LogP contribution in [-0.4, -0.2) is 18.4 Å².